The van der Waals surface area contributed by atoms with Gasteiger partial charge in [-0.15, -0.1) is 10.2 Å². The van der Waals surface area contributed by atoms with E-state index < -0.39 is 0 Å². The maximum absolute atomic E-state index is 12.9. The largest absolute Gasteiger partial charge is 0.497 e. The van der Waals surface area contributed by atoms with Crippen LogP contribution in [-0.2, 0) is 0 Å². The number of para-hydroxylation sites is 1. The van der Waals surface area contributed by atoms with Crippen LogP contribution in [0.15, 0.2) is 54.6 Å². The number of hydrogen-bond donors (Lipinski definition) is 0. The van der Waals surface area contributed by atoms with Gasteiger partial charge in [-0.05, 0) is 42.5 Å². The van der Waals surface area contributed by atoms with Gasteiger partial charge in [0, 0.05) is 31.7 Å². The lowest BCUT2D eigenvalue weighted by molar-refractivity contribution is 0.0743. The van der Waals surface area contributed by atoms with Crippen molar-refractivity contribution in [3.63, 3.8) is 0 Å². The fourth-order valence-corrected chi connectivity index (χ4v) is 3.78. The van der Waals surface area contributed by atoms with E-state index in [4.69, 9.17) is 14.2 Å². The molecule has 0 N–H and O–H groups in total. The van der Waals surface area contributed by atoms with Gasteiger partial charge in [0.2, 0.25) is 0 Å². The number of carbonyl (C=O) groups excluding carboxylic acids is 1. The van der Waals surface area contributed by atoms with Crippen molar-refractivity contribution in [1.82, 2.24) is 15.1 Å². The Morgan fingerprint density at radius 3 is 2.22 bits per heavy atom. The van der Waals surface area contributed by atoms with Gasteiger partial charge in [-0.1, -0.05) is 12.1 Å². The molecule has 2 aromatic carbocycles. The number of aromatic nitrogens is 2. The number of piperazine rings is 1. The van der Waals surface area contributed by atoms with Crippen LogP contribution in [0.1, 0.15) is 10.4 Å². The normalized spacial score (nSPS) is 13.6. The Morgan fingerprint density at radius 2 is 1.56 bits per heavy atom. The molecule has 1 aliphatic rings. The summed E-state index contributed by atoms with van der Waals surface area (Å²) < 4.78 is 16.1. The SMILES string of the molecule is COc1ccc(OC)c(-c2ccc(N3CCN(C(=O)c4ccccc4OC)CC3)nn2)c1. The van der Waals surface area contributed by atoms with Crippen molar-refractivity contribution in [1.29, 1.82) is 0 Å². The Balaban J connectivity index is 1.44. The van der Waals surface area contributed by atoms with E-state index in [1.165, 1.54) is 0 Å². The summed E-state index contributed by atoms with van der Waals surface area (Å²) in [7, 11) is 4.82. The minimum Gasteiger partial charge on any atom is -0.497 e. The van der Waals surface area contributed by atoms with Gasteiger partial charge < -0.3 is 24.0 Å². The molecule has 1 amide bonds. The van der Waals surface area contributed by atoms with E-state index in [9.17, 15) is 4.79 Å². The summed E-state index contributed by atoms with van der Waals surface area (Å²) in [5.74, 6) is 2.78. The van der Waals surface area contributed by atoms with E-state index in [0.717, 1.165) is 17.1 Å². The third-order valence-electron chi connectivity index (χ3n) is 5.56. The van der Waals surface area contributed by atoms with Crippen molar-refractivity contribution < 1.29 is 19.0 Å². The van der Waals surface area contributed by atoms with Gasteiger partial charge in [0.15, 0.2) is 5.82 Å². The number of amides is 1. The van der Waals surface area contributed by atoms with Gasteiger partial charge >= 0.3 is 0 Å². The fourth-order valence-electron chi connectivity index (χ4n) is 3.78. The van der Waals surface area contributed by atoms with Crippen LogP contribution in [0.2, 0.25) is 0 Å². The zero-order chi connectivity index (χ0) is 22.5. The molecule has 1 aliphatic heterocycles. The monoisotopic (exact) mass is 434 g/mol. The maximum Gasteiger partial charge on any atom is 0.257 e. The number of rotatable bonds is 6. The van der Waals surface area contributed by atoms with Crippen molar-refractivity contribution in [3.8, 4) is 28.5 Å². The molecule has 0 bridgehead atoms. The van der Waals surface area contributed by atoms with Gasteiger partial charge in [-0.3, -0.25) is 4.79 Å². The summed E-state index contributed by atoms with van der Waals surface area (Å²) in [4.78, 5) is 16.9. The molecule has 8 nitrogen and oxygen atoms in total. The first-order valence-electron chi connectivity index (χ1n) is 10.4. The molecule has 0 atom stereocenters. The van der Waals surface area contributed by atoms with Crippen LogP contribution in [0, 0.1) is 0 Å². The van der Waals surface area contributed by atoms with Crippen LogP contribution in [0.5, 0.6) is 17.2 Å². The standard InChI is InChI=1S/C24H26N4O4/c1-30-17-8-10-22(32-3)19(16-17)20-9-11-23(26-25-20)27-12-14-28(15-13-27)24(29)18-6-4-5-7-21(18)31-2/h4-11,16H,12-15H2,1-3H3. The number of anilines is 1. The third kappa shape index (κ3) is 4.30. The van der Waals surface area contributed by atoms with E-state index in [-0.39, 0.29) is 5.91 Å². The van der Waals surface area contributed by atoms with Crippen molar-refractivity contribution in [2.24, 2.45) is 0 Å². The first kappa shape index (κ1) is 21.4. The van der Waals surface area contributed by atoms with Crippen molar-refractivity contribution in [3.05, 3.63) is 60.2 Å². The fraction of sp³-hybridized carbons (Fsp3) is 0.292. The second-order valence-corrected chi connectivity index (χ2v) is 7.32. The number of nitrogens with zero attached hydrogens (tertiary/aromatic N) is 4. The molecule has 0 aliphatic carbocycles. The lowest BCUT2D eigenvalue weighted by Gasteiger charge is -2.35. The summed E-state index contributed by atoms with van der Waals surface area (Å²) in [5, 5.41) is 8.83. The highest BCUT2D eigenvalue weighted by atomic mass is 16.5. The Bertz CT molecular complexity index is 1080. The van der Waals surface area contributed by atoms with Crippen LogP contribution in [0.3, 0.4) is 0 Å². The predicted octanol–water partition coefficient (Wildman–Crippen LogP) is 3.13. The third-order valence-corrected chi connectivity index (χ3v) is 5.56. The molecular formula is C24H26N4O4. The van der Waals surface area contributed by atoms with Crippen LogP contribution in [0.25, 0.3) is 11.3 Å². The summed E-state index contributed by atoms with van der Waals surface area (Å²) in [6.45, 7) is 2.56. The quantitative estimate of drug-likeness (QED) is 0.590. The first-order chi connectivity index (χ1) is 15.6. The summed E-state index contributed by atoms with van der Waals surface area (Å²) in [6.07, 6.45) is 0. The molecule has 166 valence electrons. The lowest BCUT2D eigenvalue weighted by Crippen LogP contribution is -2.49. The minimum absolute atomic E-state index is 0.0198. The Kier molecular flexibility index (Phi) is 6.39. The molecule has 1 saturated heterocycles. The molecule has 1 aromatic heterocycles. The molecule has 2 heterocycles. The van der Waals surface area contributed by atoms with Crippen LogP contribution in [-0.4, -0.2) is 68.5 Å². The first-order valence-corrected chi connectivity index (χ1v) is 10.4. The lowest BCUT2D eigenvalue weighted by atomic mass is 10.1. The molecule has 8 heteroatoms. The van der Waals surface area contributed by atoms with Gasteiger partial charge in [0.1, 0.15) is 17.2 Å². The van der Waals surface area contributed by atoms with E-state index in [0.29, 0.717) is 48.9 Å². The predicted molar refractivity (Wildman–Crippen MR) is 122 cm³/mol. The smallest absolute Gasteiger partial charge is 0.257 e. The average molecular weight is 434 g/mol. The maximum atomic E-state index is 12.9. The van der Waals surface area contributed by atoms with Crippen molar-refractivity contribution in [2.75, 3.05) is 52.4 Å². The van der Waals surface area contributed by atoms with E-state index in [1.807, 2.05) is 47.4 Å². The molecule has 4 rings (SSSR count). The molecule has 0 radical (unpaired) electrons. The number of ether oxygens (including phenoxy) is 3. The molecule has 3 aromatic rings. The van der Waals surface area contributed by atoms with Crippen LogP contribution < -0.4 is 19.1 Å². The Labute approximate surface area is 187 Å². The topological polar surface area (TPSA) is 77.0 Å². The number of benzene rings is 2. The van der Waals surface area contributed by atoms with Gasteiger partial charge in [-0.2, -0.15) is 0 Å². The van der Waals surface area contributed by atoms with Crippen LogP contribution >= 0.6 is 0 Å². The zero-order valence-electron chi connectivity index (χ0n) is 18.4. The molecule has 32 heavy (non-hydrogen) atoms. The van der Waals surface area contributed by atoms with Gasteiger partial charge in [0.05, 0.1) is 32.6 Å². The summed E-state index contributed by atoms with van der Waals surface area (Å²) in [6, 6.07) is 16.7. The van der Waals surface area contributed by atoms with Crippen molar-refractivity contribution >= 4 is 11.7 Å². The van der Waals surface area contributed by atoms with E-state index in [2.05, 4.69) is 15.1 Å². The zero-order valence-corrected chi connectivity index (χ0v) is 18.4. The molecule has 0 spiro atoms. The Hall–Kier alpha value is -3.81. The molecule has 0 saturated carbocycles. The van der Waals surface area contributed by atoms with Gasteiger partial charge in [-0.25, -0.2) is 0 Å². The summed E-state index contributed by atoms with van der Waals surface area (Å²) in [5.41, 5.74) is 2.10. The highest BCUT2D eigenvalue weighted by molar-refractivity contribution is 5.97. The van der Waals surface area contributed by atoms with E-state index >= 15 is 0 Å². The molecular weight excluding hydrogens is 408 g/mol. The average Bonchev–Trinajstić information content (AvgIpc) is 2.88. The number of methoxy groups -OCH3 is 3. The van der Waals surface area contributed by atoms with E-state index in [1.54, 1.807) is 33.5 Å². The summed E-state index contributed by atoms with van der Waals surface area (Å²) >= 11 is 0. The second kappa shape index (κ2) is 9.55. The minimum atomic E-state index is -0.0198. The van der Waals surface area contributed by atoms with Crippen LogP contribution in [0.4, 0.5) is 5.82 Å². The molecule has 0 unspecified atom stereocenters. The Morgan fingerprint density at radius 1 is 0.812 bits per heavy atom. The highest BCUT2D eigenvalue weighted by Crippen LogP contribution is 2.32. The van der Waals surface area contributed by atoms with Gasteiger partial charge in [0.25, 0.3) is 5.91 Å². The highest BCUT2D eigenvalue weighted by Gasteiger charge is 2.25. The van der Waals surface area contributed by atoms with Crippen molar-refractivity contribution in [2.45, 2.75) is 0 Å². The number of hydrogen-bond acceptors (Lipinski definition) is 7. The number of carbonyl (C=O) groups is 1. The molecule has 1 fully saturated rings. The second-order valence-electron chi connectivity index (χ2n) is 7.32.